The first kappa shape index (κ1) is 13.6. The van der Waals surface area contributed by atoms with Crippen LogP contribution >= 0.6 is 0 Å². The van der Waals surface area contributed by atoms with Gasteiger partial charge in [-0.1, -0.05) is 0 Å². The number of nitrogens with two attached hydrogens (primary N) is 1. The molecule has 2 N–H and O–H groups in total. The molecule has 0 radical (unpaired) electrons. The summed E-state index contributed by atoms with van der Waals surface area (Å²) in [5.74, 6) is 1.69. The van der Waals surface area contributed by atoms with Gasteiger partial charge in [0.05, 0.1) is 5.69 Å². The number of hydrogen-bond donors (Lipinski definition) is 1. The average Bonchev–Trinajstić information content (AvgIpc) is 2.47. The first-order chi connectivity index (χ1) is 10.1. The molecule has 6 heteroatoms. The molecule has 1 aliphatic heterocycles. The van der Waals surface area contributed by atoms with E-state index in [0.29, 0.717) is 0 Å². The van der Waals surface area contributed by atoms with Gasteiger partial charge in [-0.25, -0.2) is 15.0 Å². The number of aryl methyl sites for hydroxylation is 2. The lowest BCUT2D eigenvalue weighted by atomic mass is 10.3. The van der Waals surface area contributed by atoms with E-state index in [9.17, 15) is 0 Å². The molecular weight excluding hydrogens is 264 g/mol. The summed E-state index contributed by atoms with van der Waals surface area (Å²) in [7, 11) is 0. The van der Waals surface area contributed by atoms with Gasteiger partial charge in [0.2, 0.25) is 5.95 Å². The van der Waals surface area contributed by atoms with Crippen LogP contribution in [0.2, 0.25) is 0 Å². The van der Waals surface area contributed by atoms with Crippen LogP contribution < -0.4 is 15.5 Å². The van der Waals surface area contributed by atoms with Crippen LogP contribution in [0.5, 0.6) is 0 Å². The van der Waals surface area contributed by atoms with Crippen molar-refractivity contribution in [2.75, 3.05) is 41.7 Å². The molecule has 110 valence electrons. The number of hydrogen-bond acceptors (Lipinski definition) is 6. The number of nitrogen functional groups attached to an aromatic ring is 1. The minimum Gasteiger partial charge on any atom is -0.396 e. The van der Waals surface area contributed by atoms with E-state index in [1.165, 1.54) is 0 Å². The molecule has 0 unspecified atom stereocenters. The number of nitrogens with zero attached hydrogens (tertiary/aromatic N) is 5. The standard InChI is InChI=1S/C15H20N6/c1-11-10-12(2)19-15(18-11)21-8-6-20(7-9-21)14-13(16)4-3-5-17-14/h3-5,10H,6-9,16H2,1-2H3. The minimum atomic E-state index is 0.730. The maximum absolute atomic E-state index is 5.99. The van der Waals surface area contributed by atoms with E-state index in [2.05, 4.69) is 24.8 Å². The van der Waals surface area contributed by atoms with Gasteiger partial charge in [0.1, 0.15) is 0 Å². The molecule has 0 bridgehead atoms. The largest absolute Gasteiger partial charge is 0.396 e. The number of anilines is 3. The van der Waals surface area contributed by atoms with Gasteiger partial charge in [-0.3, -0.25) is 0 Å². The van der Waals surface area contributed by atoms with Crippen LogP contribution in [-0.2, 0) is 0 Å². The second kappa shape index (κ2) is 5.55. The first-order valence-electron chi connectivity index (χ1n) is 7.16. The zero-order valence-corrected chi connectivity index (χ0v) is 12.5. The van der Waals surface area contributed by atoms with Crippen LogP contribution in [-0.4, -0.2) is 41.1 Å². The Bertz CT molecular complexity index is 614. The SMILES string of the molecule is Cc1cc(C)nc(N2CCN(c3ncccc3N)CC2)n1. The molecule has 1 saturated heterocycles. The predicted octanol–water partition coefficient (Wildman–Crippen LogP) is 1.40. The van der Waals surface area contributed by atoms with Crippen LogP contribution in [0, 0.1) is 13.8 Å². The van der Waals surface area contributed by atoms with Crippen molar-refractivity contribution in [3.63, 3.8) is 0 Å². The van der Waals surface area contributed by atoms with Crippen LogP contribution in [0.3, 0.4) is 0 Å². The normalized spacial score (nSPS) is 15.3. The zero-order chi connectivity index (χ0) is 14.8. The summed E-state index contributed by atoms with van der Waals surface area (Å²) in [4.78, 5) is 17.9. The van der Waals surface area contributed by atoms with Crippen molar-refractivity contribution in [3.05, 3.63) is 35.8 Å². The lowest BCUT2D eigenvalue weighted by molar-refractivity contribution is 0.633. The molecule has 0 atom stereocenters. The van der Waals surface area contributed by atoms with Gasteiger partial charge < -0.3 is 15.5 Å². The van der Waals surface area contributed by atoms with E-state index in [1.807, 2.05) is 32.0 Å². The third kappa shape index (κ3) is 2.89. The van der Waals surface area contributed by atoms with Crippen molar-refractivity contribution < 1.29 is 0 Å². The summed E-state index contributed by atoms with van der Waals surface area (Å²) < 4.78 is 0. The van der Waals surface area contributed by atoms with Gasteiger partial charge >= 0.3 is 0 Å². The van der Waals surface area contributed by atoms with Crippen LogP contribution in [0.15, 0.2) is 24.4 Å². The molecule has 6 nitrogen and oxygen atoms in total. The van der Waals surface area contributed by atoms with Crippen LogP contribution in [0.4, 0.5) is 17.5 Å². The van der Waals surface area contributed by atoms with E-state index >= 15 is 0 Å². The second-order valence-electron chi connectivity index (χ2n) is 5.34. The highest BCUT2D eigenvalue weighted by Crippen LogP contribution is 2.21. The molecular formula is C15H20N6. The number of piperazine rings is 1. The topological polar surface area (TPSA) is 71.2 Å². The molecule has 1 fully saturated rings. The van der Waals surface area contributed by atoms with Crippen molar-refractivity contribution in [1.29, 1.82) is 0 Å². The maximum atomic E-state index is 5.99. The molecule has 0 saturated carbocycles. The summed E-state index contributed by atoms with van der Waals surface area (Å²) in [6.07, 6.45) is 1.78. The second-order valence-corrected chi connectivity index (χ2v) is 5.34. The van der Waals surface area contributed by atoms with Gasteiger partial charge in [-0.2, -0.15) is 0 Å². The third-order valence-corrected chi connectivity index (χ3v) is 3.65. The lowest BCUT2D eigenvalue weighted by Gasteiger charge is -2.35. The van der Waals surface area contributed by atoms with Gasteiger partial charge in [0.15, 0.2) is 5.82 Å². The number of rotatable bonds is 2. The average molecular weight is 284 g/mol. The van der Waals surface area contributed by atoms with Gasteiger partial charge in [-0.05, 0) is 32.0 Å². The van der Waals surface area contributed by atoms with E-state index in [-0.39, 0.29) is 0 Å². The molecule has 3 heterocycles. The van der Waals surface area contributed by atoms with Crippen molar-refractivity contribution in [3.8, 4) is 0 Å². The lowest BCUT2D eigenvalue weighted by Crippen LogP contribution is -2.47. The molecule has 0 aromatic carbocycles. The first-order valence-corrected chi connectivity index (χ1v) is 7.16. The molecule has 1 aliphatic rings. The van der Waals surface area contributed by atoms with Crippen LogP contribution in [0.1, 0.15) is 11.4 Å². The van der Waals surface area contributed by atoms with Crippen molar-refractivity contribution >= 4 is 17.5 Å². The predicted molar refractivity (Wildman–Crippen MR) is 84.6 cm³/mol. The van der Waals surface area contributed by atoms with E-state index in [4.69, 9.17) is 5.73 Å². The summed E-state index contributed by atoms with van der Waals surface area (Å²) in [5.41, 5.74) is 8.74. The van der Waals surface area contributed by atoms with Gasteiger partial charge in [0, 0.05) is 43.8 Å². The molecule has 0 amide bonds. The Hall–Kier alpha value is -2.37. The molecule has 2 aromatic heterocycles. The highest BCUT2D eigenvalue weighted by molar-refractivity contribution is 5.62. The van der Waals surface area contributed by atoms with E-state index in [1.54, 1.807) is 6.20 Å². The van der Waals surface area contributed by atoms with Crippen molar-refractivity contribution in [2.24, 2.45) is 0 Å². The smallest absolute Gasteiger partial charge is 0.225 e. The fourth-order valence-electron chi connectivity index (χ4n) is 2.64. The summed E-state index contributed by atoms with van der Waals surface area (Å²) in [5, 5.41) is 0. The Morgan fingerprint density at radius 1 is 1.00 bits per heavy atom. The molecule has 3 rings (SSSR count). The van der Waals surface area contributed by atoms with E-state index < -0.39 is 0 Å². The Kier molecular flexibility index (Phi) is 3.60. The summed E-state index contributed by atoms with van der Waals surface area (Å²) in [6, 6.07) is 5.74. The summed E-state index contributed by atoms with van der Waals surface area (Å²) >= 11 is 0. The van der Waals surface area contributed by atoms with Crippen LogP contribution in [0.25, 0.3) is 0 Å². The van der Waals surface area contributed by atoms with E-state index in [0.717, 1.165) is 55.0 Å². The molecule has 0 aliphatic carbocycles. The highest BCUT2D eigenvalue weighted by atomic mass is 15.3. The fourth-order valence-corrected chi connectivity index (χ4v) is 2.64. The molecule has 0 spiro atoms. The Morgan fingerprint density at radius 2 is 1.62 bits per heavy atom. The maximum Gasteiger partial charge on any atom is 0.225 e. The molecule has 2 aromatic rings. The monoisotopic (exact) mass is 284 g/mol. The minimum absolute atomic E-state index is 0.730. The highest BCUT2D eigenvalue weighted by Gasteiger charge is 2.21. The zero-order valence-electron chi connectivity index (χ0n) is 12.5. The van der Waals surface area contributed by atoms with Gasteiger partial charge in [-0.15, -0.1) is 0 Å². The molecule has 21 heavy (non-hydrogen) atoms. The Morgan fingerprint density at radius 3 is 2.24 bits per heavy atom. The quantitative estimate of drug-likeness (QED) is 0.898. The third-order valence-electron chi connectivity index (χ3n) is 3.65. The number of aromatic nitrogens is 3. The Labute approximate surface area is 124 Å². The fraction of sp³-hybridized carbons (Fsp3) is 0.400. The van der Waals surface area contributed by atoms with Crippen molar-refractivity contribution in [1.82, 2.24) is 15.0 Å². The van der Waals surface area contributed by atoms with Crippen molar-refractivity contribution in [2.45, 2.75) is 13.8 Å². The van der Waals surface area contributed by atoms with Gasteiger partial charge in [0.25, 0.3) is 0 Å². The number of pyridine rings is 1. The summed E-state index contributed by atoms with van der Waals surface area (Å²) in [6.45, 7) is 7.50. The Balaban J connectivity index is 1.72.